The molecule has 0 fully saturated rings. The summed E-state index contributed by atoms with van der Waals surface area (Å²) in [6.07, 6.45) is 0. The molecule has 1 N–H and O–H groups in total. The molecule has 1 aromatic carbocycles. The van der Waals surface area contributed by atoms with Crippen molar-refractivity contribution in [1.82, 2.24) is 14.9 Å². The maximum atomic E-state index is 12.1. The molecule has 0 unspecified atom stereocenters. The van der Waals surface area contributed by atoms with E-state index in [1.165, 1.54) is 16.9 Å². The predicted octanol–water partition coefficient (Wildman–Crippen LogP) is 3.40. The Morgan fingerprint density at radius 1 is 1.18 bits per heavy atom. The van der Waals surface area contributed by atoms with Crippen LogP contribution in [0, 0.1) is 0 Å². The Balaban J connectivity index is 1.84. The van der Waals surface area contributed by atoms with Crippen molar-refractivity contribution in [3.05, 3.63) is 63.5 Å². The van der Waals surface area contributed by atoms with Gasteiger partial charge in [-0.15, -0.1) is 11.3 Å². The molecular formula is C17H19N3OS. The standard InChI is InChI=1S/C17H19N3OS/c1-12(2)20(10-13-6-4-3-5-7-13)11-15-18-14-8-9-22-16(14)17(21)19-15/h3-9,12H,10-11H2,1-2H3,(H,18,19,21). The topological polar surface area (TPSA) is 49.0 Å². The first-order valence-corrected chi connectivity index (χ1v) is 8.26. The zero-order chi connectivity index (χ0) is 15.5. The van der Waals surface area contributed by atoms with Gasteiger partial charge in [0.2, 0.25) is 0 Å². The first-order valence-electron chi connectivity index (χ1n) is 7.38. The van der Waals surface area contributed by atoms with E-state index in [9.17, 15) is 4.79 Å². The fourth-order valence-electron chi connectivity index (χ4n) is 2.43. The van der Waals surface area contributed by atoms with Crippen molar-refractivity contribution in [2.45, 2.75) is 33.0 Å². The number of aromatic nitrogens is 2. The highest BCUT2D eigenvalue weighted by atomic mass is 32.1. The minimum absolute atomic E-state index is 0.0431. The minimum atomic E-state index is -0.0431. The van der Waals surface area contributed by atoms with Crippen molar-refractivity contribution < 1.29 is 0 Å². The number of aromatic amines is 1. The summed E-state index contributed by atoms with van der Waals surface area (Å²) >= 11 is 1.43. The van der Waals surface area contributed by atoms with Gasteiger partial charge in [-0.2, -0.15) is 0 Å². The van der Waals surface area contributed by atoms with E-state index in [1.807, 2.05) is 29.6 Å². The van der Waals surface area contributed by atoms with E-state index in [2.05, 4.69) is 40.8 Å². The summed E-state index contributed by atoms with van der Waals surface area (Å²) < 4.78 is 0.697. The molecule has 3 rings (SSSR count). The van der Waals surface area contributed by atoms with Gasteiger partial charge in [0.15, 0.2) is 0 Å². The van der Waals surface area contributed by atoms with Gasteiger partial charge in [0, 0.05) is 12.6 Å². The Bertz CT molecular complexity index is 807. The van der Waals surface area contributed by atoms with Gasteiger partial charge in [-0.25, -0.2) is 4.98 Å². The molecule has 0 spiro atoms. The Hall–Kier alpha value is -1.98. The molecular weight excluding hydrogens is 294 g/mol. The molecule has 2 heterocycles. The lowest BCUT2D eigenvalue weighted by atomic mass is 10.2. The van der Waals surface area contributed by atoms with Crippen molar-refractivity contribution >= 4 is 21.6 Å². The lowest BCUT2D eigenvalue weighted by molar-refractivity contribution is 0.198. The lowest BCUT2D eigenvalue weighted by Gasteiger charge is -2.26. The lowest BCUT2D eigenvalue weighted by Crippen LogP contribution is -2.31. The quantitative estimate of drug-likeness (QED) is 0.785. The maximum Gasteiger partial charge on any atom is 0.268 e. The van der Waals surface area contributed by atoms with Crippen LogP contribution in [0.5, 0.6) is 0 Å². The second kappa shape index (κ2) is 6.42. The summed E-state index contributed by atoms with van der Waals surface area (Å²) in [6, 6.07) is 12.6. The predicted molar refractivity (Wildman–Crippen MR) is 91.1 cm³/mol. The van der Waals surface area contributed by atoms with Crippen molar-refractivity contribution in [2.75, 3.05) is 0 Å². The molecule has 114 valence electrons. The maximum absolute atomic E-state index is 12.1. The Morgan fingerprint density at radius 3 is 2.68 bits per heavy atom. The summed E-state index contributed by atoms with van der Waals surface area (Å²) in [5, 5.41) is 1.90. The number of thiophene rings is 1. The molecule has 4 nitrogen and oxygen atoms in total. The molecule has 22 heavy (non-hydrogen) atoms. The number of nitrogens with one attached hydrogen (secondary N) is 1. The van der Waals surface area contributed by atoms with Crippen LogP contribution < -0.4 is 5.56 Å². The van der Waals surface area contributed by atoms with Gasteiger partial charge in [-0.1, -0.05) is 30.3 Å². The van der Waals surface area contributed by atoms with Gasteiger partial charge < -0.3 is 4.98 Å². The highest BCUT2D eigenvalue weighted by Crippen LogP contribution is 2.15. The van der Waals surface area contributed by atoms with Gasteiger partial charge in [-0.05, 0) is 30.9 Å². The average molecular weight is 313 g/mol. The van der Waals surface area contributed by atoms with Crippen LogP contribution >= 0.6 is 11.3 Å². The highest BCUT2D eigenvalue weighted by Gasteiger charge is 2.13. The SMILES string of the molecule is CC(C)N(Cc1ccccc1)Cc1nc2ccsc2c(=O)[nH]1. The first kappa shape index (κ1) is 14.9. The van der Waals surface area contributed by atoms with E-state index in [4.69, 9.17) is 0 Å². The van der Waals surface area contributed by atoms with Crippen LogP contribution in [0.2, 0.25) is 0 Å². The normalized spacial score (nSPS) is 11.6. The Labute approximate surface area is 133 Å². The molecule has 0 bridgehead atoms. The average Bonchev–Trinajstić information content (AvgIpc) is 2.96. The number of rotatable bonds is 5. The van der Waals surface area contributed by atoms with E-state index >= 15 is 0 Å². The fourth-order valence-corrected chi connectivity index (χ4v) is 3.15. The van der Waals surface area contributed by atoms with Crippen LogP contribution in [0.25, 0.3) is 10.2 Å². The summed E-state index contributed by atoms with van der Waals surface area (Å²) in [7, 11) is 0. The summed E-state index contributed by atoms with van der Waals surface area (Å²) in [5.74, 6) is 0.723. The molecule has 0 atom stereocenters. The third-order valence-corrected chi connectivity index (χ3v) is 4.58. The van der Waals surface area contributed by atoms with E-state index < -0.39 is 0 Å². The number of fused-ring (bicyclic) bond motifs is 1. The minimum Gasteiger partial charge on any atom is -0.308 e. The van der Waals surface area contributed by atoms with Gasteiger partial charge >= 0.3 is 0 Å². The smallest absolute Gasteiger partial charge is 0.268 e. The van der Waals surface area contributed by atoms with Crippen LogP contribution in [0.15, 0.2) is 46.6 Å². The first-order chi connectivity index (χ1) is 10.6. The van der Waals surface area contributed by atoms with E-state index in [1.54, 1.807) is 0 Å². The zero-order valence-corrected chi connectivity index (χ0v) is 13.6. The zero-order valence-electron chi connectivity index (χ0n) is 12.7. The van der Waals surface area contributed by atoms with Gasteiger partial charge in [0.1, 0.15) is 10.5 Å². The van der Waals surface area contributed by atoms with Crippen molar-refractivity contribution in [3.63, 3.8) is 0 Å². The summed E-state index contributed by atoms with van der Waals surface area (Å²) in [4.78, 5) is 21.8. The highest BCUT2D eigenvalue weighted by molar-refractivity contribution is 7.17. The molecule has 0 saturated heterocycles. The summed E-state index contributed by atoms with van der Waals surface area (Å²) in [6.45, 7) is 5.78. The number of hydrogen-bond donors (Lipinski definition) is 1. The third-order valence-electron chi connectivity index (χ3n) is 3.68. The second-order valence-electron chi connectivity index (χ2n) is 5.63. The molecule has 2 aromatic heterocycles. The van der Waals surface area contributed by atoms with E-state index in [0.29, 0.717) is 17.3 Å². The van der Waals surface area contributed by atoms with Crippen LogP contribution in [-0.2, 0) is 13.1 Å². The largest absolute Gasteiger partial charge is 0.308 e. The molecule has 0 radical (unpaired) electrons. The number of benzene rings is 1. The van der Waals surface area contributed by atoms with Crippen LogP contribution in [-0.4, -0.2) is 20.9 Å². The monoisotopic (exact) mass is 313 g/mol. The van der Waals surface area contributed by atoms with Gasteiger partial charge in [0.25, 0.3) is 5.56 Å². The molecule has 0 aliphatic carbocycles. The van der Waals surface area contributed by atoms with Crippen molar-refractivity contribution in [1.29, 1.82) is 0 Å². The second-order valence-corrected chi connectivity index (χ2v) is 6.55. The molecule has 0 aliphatic heterocycles. The molecule has 5 heteroatoms. The van der Waals surface area contributed by atoms with Gasteiger partial charge in [-0.3, -0.25) is 9.69 Å². The molecule has 0 aliphatic rings. The van der Waals surface area contributed by atoms with Crippen LogP contribution in [0.1, 0.15) is 25.2 Å². The Kier molecular flexibility index (Phi) is 4.36. The van der Waals surface area contributed by atoms with E-state index in [0.717, 1.165) is 17.9 Å². The van der Waals surface area contributed by atoms with Crippen LogP contribution in [0.3, 0.4) is 0 Å². The van der Waals surface area contributed by atoms with Crippen LogP contribution in [0.4, 0.5) is 0 Å². The Morgan fingerprint density at radius 2 is 1.95 bits per heavy atom. The molecule has 0 saturated carbocycles. The number of nitrogens with zero attached hydrogens (tertiary/aromatic N) is 2. The third kappa shape index (κ3) is 3.26. The summed E-state index contributed by atoms with van der Waals surface area (Å²) in [5.41, 5.74) is 2.00. The van der Waals surface area contributed by atoms with Crippen molar-refractivity contribution in [3.8, 4) is 0 Å². The van der Waals surface area contributed by atoms with E-state index in [-0.39, 0.29) is 5.56 Å². The number of hydrogen-bond acceptors (Lipinski definition) is 4. The van der Waals surface area contributed by atoms with Gasteiger partial charge in [0.05, 0.1) is 12.1 Å². The number of H-pyrrole nitrogens is 1. The van der Waals surface area contributed by atoms with Crippen molar-refractivity contribution in [2.24, 2.45) is 0 Å². The molecule has 3 aromatic rings. The fraction of sp³-hybridized carbons (Fsp3) is 0.294. The molecule has 0 amide bonds.